The van der Waals surface area contributed by atoms with Gasteiger partial charge in [0.25, 0.3) is 0 Å². The van der Waals surface area contributed by atoms with Crippen LogP contribution >= 0.6 is 7.14 Å². The monoisotopic (exact) mass is 412 g/mol. The standard InChI is InChI=1S/C25H33O3P/c1-8-9-10-11-29(28,24(26)22-18(4)12-16(2)13-19(22)5)25(27)23-20(6)14-17(3)15-21(23)7/h12-15H,8-11H2,1-7H3. The lowest BCUT2D eigenvalue weighted by molar-refractivity contribution is 0.103. The zero-order chi connectivity index (χ0) is 21.9. The molecule has 0 radical (unpaired) electrons. The number of unbranched alkanes of at least 4 members (excludes halogenated alkanes) is 2. The van der Waals surface area contributed by atoms with Gasteiger partial charge in [-0.15, -0.1) is 0 Å². The van der Waals surface area contributed by atoms with E-state index in [0.717, 1.165) is 46.2 Å². The van der Waals surface area contributed by atoms with Crippen LogP contribution in [0.2, 0.25) is 0 Å². The maximum atomic E-state index is 14.2. The average molecular weight is 413 g/mol. The number of rotatable bonds is 8. The summed E-state index contributed by atoms with van der Waals surface area (Å²) in [5.74, 6) is 0. The maximum Gasteiger partial charge on any atom is 0.229 e. The predicted octanol–water partition coefficient (Wildman–Crippen LogP) is 7.07. The molecule has 29 heavy (non-hydrogen) atoms. The maximum absolute atomic E-state index is 14.2. The van der Waals surface area contributed by atoms with Crippen LogP contribution in [0.25, 0.3) is 0 Å². The summed E-state index contributed by atoms with van der Waals surface area (Å²) in [5, 5.41) is 0. The fourth-order valence-electron chi connectivity index (χ4n) is 4.28. The number of hydrogen-bond acceptors (Lipinski definition) is 3. The van der Waals surface area contributed by atoms with Gasteiger partial charge in [0.15, 0.2) is 0 Å². The van der Waals surface area contributed by atoms with E-state index in [-0.39, 0.29) is 6.16 Å². The van der Waals surface area contributed by atoms with Crippen molar-refractivity contribution in [2.75, 3.05) is 6.16 Å². The largest absolute Gasteiger partial charge is 0.307 e. The summed E-state index contributed by atoms with van der Waals surface area (Å²) < 4.78 is 14.2. The van der Waals surface area contributed by atoms with Crippen molar-refractivity contribution in [2.24, 2.45) is 0 Å². The Labute approximate surface area is 175 Å². The van der Waals surface area contributed by atoms with Gasteiger partial charge in [0, 0.05) is 17.3 Å². The lowest BCUT2D eigenvalue weighted by atomic mass is 10.0. The first kappa shape index (κ1) is 23.3. The first-order valence-corrected chi connectivity index (χ1v) is 12.3. The van der Waals surface area contributed by atoms with Crippen molar-refractivity contribution >= 4 is 18.2 Å². The van der Waals surface area contributed by atoms with E-state index in [1.807, 2.05) is 65.8 Å². The molecule has 0 aliphatic heterocycles. The molecule has 0 aromatic heterocycles. The molecule has 0 fully saturated rings. The van der Waals surface area contributed by atoms with Gasteiger partial charge in [-0.25, -0.2) is 0 Å². The third kappa shape index (κ3) is 4.78. The molecule has 2 rings (SSSR count). The van der Waals surface area contributed by atoms with Gasteiger partial charge in [-0.1, -0.05) is 55.2 Å². The molecule has 0 bridgehead atoms. The summed E-state index contributed by atoms with van der Waals surface area (Å²) in [5.41, 5.74) is 5.18. The SMILES string of the molecule is CCCCCP(=O)(C(=O)c1c(C)cc(C)cc1C)C(=O)c1c(C)cc(C)cc1C. The molecule has 3 nitrogen and oxygen atoms in total. The first-order valence-electron chi connectivity index (χ1n) is 10.4. The van der Waals surface area contributed by atoms with Gasteiger partial charge < -0.3 is 4.57 Å². The third-order valence-electron chi connectivity index (χ3n) is 5.51. The van der Waals surface area contributed by atoms with Crippen molar-refractivity contribution in [2.45, 2.75) is 67.7 Å². The highest BCUT2D eigenvalue weighted by Gasteiger charge is 2.42. The molecule has 4 heteroatoms. The zero-order valence-corrected chi connectivity index (χ0v) is 19.7. The molecule has 0 heterocycles. The zero-order valence-electron chi connectivity index (χ0n) is 18.8. The molecule has 0 amide bonds. The summed E-state index contributed by atoms with van der Waals surface area (Å²) in [6, 6.07) is 7.68. The van der Waals surface area contributed by atoms with E-state index in [9.17, 15) is 14.2 Å². The number of benzene rings is 2. The van der Waals surface area contributed by atoms with Crippen LogP contribution in [0.3, 0.4) is 0 Å². The second-order valence-corrected chi connectivity index (χ2v) is 11.1. The van der Waals surface area contributed by atoms with Gasteiger partial charge in [0.1, 0.15) is 0 Å². The minimum atomic E-state index is -3.79. The predicted molar refractivity (Wildman–Crippen MR) is 122 cm³/mol. The van der Waals surface area contributed by atoms with E-state index in [0.29, 0.717) is 17.5 Å². The molecule has 0 spiro atoms. The van der Waals surface area contributed by atoms with E-state index in [1.54, 1.807) is 0 Å². The number of aryl methyl sites for hydroxylation is 6. The Bertz CT molecular complexity index is 882. The summed E-state index contributed by atoms with van der Waals surface area (Å²) >= 11 is 0. The van der Waals surface area contributed by atoms with Gasteiger partial charge >= 0.3 is 0 Å². The number of hydrogen-bond donors (Lipinski definition) is 0. The van der Waals surface area contributed by atoms with Crippen molar-refractivity contribution in [3.05, 3.63) is 68.8 Å². The topological polar surface area (TPSA) is 51.2 Å². The van der Waals surface area contributed by atoms with Crippen molar-refractivity contribution in [1.82, 2.24) is 0 Å². The van der Waals surface area contributed by atoms with E-state index in [1.165, 1.54) is 0 Å². The van der Waals surface area contributed by atoms with E-state index in [4.69, 9.17) is 0 Å². The van der Waals surface area contributed by atoms with Crippen molar-refractivity contribution in [1.29, 1.82) is 0 Å². The Kier molecular flexibility index (Phi) is 7.40. The average Bonchev–Trinajstić information content (AvgIpc) is 2.59. The molecular formula is C25H33O3P. The Morgan fingerprint density at radius 2 is 1.03 bits per heavy atom. The molecule has 0 atom stereocenters. The summed E-state index contributed by atoms with van der Waals surface area (Å²) in [7, 11) is -3.79. The van der Waals surface area contributed by atoms with E-state index in [2.05, 4.69) is 6.92 Å². The van der Waals surface area contributed by atoms with Gasteiger partial charge in [-0.2, -0.15) is 0 Å². The third-order valence-corrected chi connectivity index (χ3v) is 8.22. The van der Waals surface area contributed by atoms with Gasteiger partial charge in [-0.3, -0.25) is 9.59 Å². The molecule has 2 aromatic carbocycles. The minimum Gasteiger partial charge on any atom is -0.307 e. The summed E-state index contributed by atoms with van der Waals surface area (Å²) in [6.45, 7) is 13.4. The smallest absolute Gasteiger partial charge is 0.229 e. The Hall–Kier alpha value is -1.99. The van der Waals surface area contributed by atoms with Crippen molar-refractivity contribution in [3.63, 3.8) is 0 Å². The van der Waals surface area contributed by atoms with Crippen molar-refractivity contribution < 1.29 is 14.2 Å². The second-order valence-electron chi connectivity index (χ2n) is 8.33. The highest BCUT2D eigenvalue weighted by molar-refractivity contribution is 7.95. The van der Waals surface area contributed by atoms with E-state index < -0.39 is 18.2 Å². The molecule has 0 unspecified atom stereocenters. The van der Waals surface area contributed by atoms with Crippen LogP contribution in [0.1, 0.15) is 80.3 Å². The molecular weight excluding hydrogens is 379 g/mol. The van der Waals surface area contributed by atoms with Crippen LogP contribution in [-0.2, 0) is 4.57 Å². The van der Waals surface area contributed by atoms with Crippen LogP contribution in [0, 0.1) is 41.5 Å². The lowest BCUT2D eigenvalue weighted by Gasteiger charge is -2.21. The highest BCUT2D eigenvalue weighted by Crippen LogP contribution is 2.54. The lowest BCUT2D eigenvalue weighted by Crippen LogP contribution is -2.17. The van der Waals surface area contributed by atoms with Gasteiger partial charge in [0.2, 0.25) is 18.2 Å². The summed E-state index contributed by atoms with van der Waals surface area (Å²) in [4.78, 5) is 27.3. The molecule has 0 N–H and O–H groups in total. The number of carbonyl (C=O) groups excluding carboxylic acids is 2. The molecule has 0 aliphatic rings. The minimum absolute atomic E-state index is 0.137. The second kappa shape index (κ2) is 9.22. The van der Waals surface area contributed by atoms with Crippen LogP contribution in [0.5, 0.6) is 0 Å². The van der Waals surface area contributed by atoms with Crippen LogP contribution in [-0.4, -0.2) is 17.2 Å². The number of carbonyl (C=O) groups is 2. The van der Waals surface area contributed by atoms with Gasteiger partial charge in [-0.05, 0) is 70.2 Å². The highest BCUT2D eigenvalue weighted by atomic mass is 31.2. The fraction of sp³-hybridized carbons (Fsp3) is 0.440. The van der Waals surface area contributed by atoms with Crippen LogP contribution in [0.15, 0.2) is 24.3 Å². The molecule has 0 aliphatic carbocycles. The Balaban J connectivity index is 2.65. The molecule has 0 saturated carbocycles. The molecule has 156 valence electrons. The molecule has 0 saturated heterocycles. The Morgan fingerprint density at radius 3 is 1.34 bits per heavy atom. The molecule has 2 aromatic rings. The summed E-state index contributed by atoms with van der Waals surface area (Å²) in [6.07, 6.45) is 2.53. The van der Waals surface area contributed by atoms with Crippen LogP contribution in [0.4, 0.5) is 0 Å². The van der Waals surface area contributed by atoms with Gasteiger partial charge in [0.05, 0.1) is 0 Å². The van der Waals surface area contributed by atoms with Crippen LogP contribution < -0.4 is 0 Å². The van der Waals surface area contributed by atoms with Crippen molar-refractivity contribution in [3.8, 4) is 0 Å². The normalized spacial score (nSPS) is 11.6. The first-order chi connectivity index (χ1) is 13.5. The quantitative estimate of drug-likeness (QED) is 0.344. The Morgan fingerprint density at radius 1 is 0.690 bits per heavy atom. The van der Waals surface area contributed by atoms with E-state index >= 15 is 0 Å². The fourth-order valence-corrected chi connectivity index (χ4v) is 6.96.